The van der Waals surface area contributed by atoms with Crippen LogP contribution in [0.5, 0.6) is 5.75 Å². The Labute approximate surface area is 90.7 Å². The van der Waals surface area contributed by atoms with Gasteiger partial charge in [-0.2, -0.15) is 13.2 Å². The fourth-order valence-corrected chi connectivity index (χ4v) is 1.15. The number of phenolic OH excluding ortho intramolecular Hbond substituents is 1. The first-order valence-electron chi connectivity index (χ1n) is 4.63. The maximum absolute atomic E-state index is 12.3. The molecule has 1 aromatic rings. The van der Waals surface area contributed by atoms with Gasteiger partial charge in [0.1, 0.15) is 5.75 Å². The summed E-state index contributed by atoms with van der Waals surface area (Å²) in [6.45, 7) is -0.0871. The minimum absolute atomic E-state index is 0.0864. The van der Waals surface area contributed by atoms with Crippen LogP contribution < -0.4 is 0 Å². The Morgan fingerprint density at radius 3 is 2.50 bits per heavy atom. The van der Waals surface area contributed by atoms with Gasteiger partial charge in [-0.1, -0.05) is 12.2 Å². The Hall–Kier alpha value is -1.49. The van der Waals surface area contributed by atoms with Gasteiger partial charge in [0.15, 0.2) is 0 Å². The second kappa shape index (κ2) is 5.03. The zero-order chi connectivity index (χ0) is 12.2. The molecule has 88 valence electrons. The maximum atomic E-state index is 12.3. The smallest absolute Gasteiger partial charge is 0.416 e. The molecular formula is C11H11F3O2. The van der Waals surface area contributed by atoms with Crippen LogP contribution in [0.4, 0.5) is 13.2 Å². The van der Waals surface area contributed by atoms with Crippen LogP contribution in [-0.4, -0.2) is 16.8 Å². The maximum Gasteiger partial charge on any atom is 0.416 e. The molecular weight excluding hydrogens is 221 g/mol. The minimum Gasteiger partial charge on any atom is -0.507 e. The fraction of sp³-hybridized carbons (Fsp3) is 0.273. The van der Waals surface area contributed by atoms with Crippen LogP contribution in [0.25, 0.3) is 6.08 Å². The lowest BCUT2D eigenvalue weighted by Crippen LogP contribution is -2.04. The average molecular weight is 232 g/mol. The van der Waals surface area contributed by atoms with E-state index in [1.54, 1.807) is 0 Å². The summed E-state index contributed by atoms with van der Waals surface area (Å²) in [7, 11) is 0. The van der Waals surface area contributed by atoms with Gasteiger partial charge in [0.2, 0.25) is 0 Å². The Kier molecular flexibility index (Phi) is 3.95. The van der Waals surface area contributed by atoms with Gasteiger partial charge in [-0.3, -0.25) is 0 Å². The van der Waals surface area contributed by atoms with Gasteiger partial charge in [0, 0.05) is 12.2 Å². The van der Waals surface area contributed by atoms with Gasteiger partial charge in [0.05, 0.1) is 5.56 Å². The normalized spacial score (nSPS) is 12.2. The third kappa shape index (κ3) is 3.27. The summed E-state index contributed by atoms with van der Waals surface area (Å²) in [5, 5.41) is 17.8. The van der Waals surface area contributed by atoms with Crippen molar-refractivity contribution in [3.8, 4) is 5.75 Å². The van der Waals surface area contributed by atoms with E-state index in [1.165, 1.54) is 12.2 Å². The minimum atomic E-state index is -4.42. The summed E-state index contributed by atoms with van der Waals surface area (Å²) in [6, 6.07) is 2.68. The molecule has 0 amide bonds. The van der Waals surface area contributed by atoms with Crippen molar-refractivity contribution in [3.05, 3.63) is 35.4 Å². The lowest BCUT2D eigenvalue weighted by atomic mass is 10.1. The number of rotatable bonds is 3. The Bertz CT molecular complexity index is 383. The Morgan fingerprint density at radius 2 is 1.94 bits per heavy atom. The van der Waals surface area contributed by atoms with Crippen LogP contribution in [0.15, 0.2) is 24.3 Å². The van der Waals surface area contributed by atoms with Crippen molar-refractivity contribution in [2.45, 2.75) is 12.6 Å². The SMILES string of the molecule is OCCC=Cc1cc(C(F)(F)F)ccc1O. The van der Waals surface area contributed by atoms with Crippen molar-refractivity contribution in [2.24, 2.45) is 0 Å². The predicted octanol–water partition coefficient (Wildman–Crippen LogP) is 2.81. The first kappa shape index (κ1) is 12.6. The topological polar surface area (TPSA) is 40.5 Å². The summed E-state index contributed by atoms with van der Waals surface area (Å²) in [6.07, 6.45) is -1.25. The van der Waals surface area contributed by atoms with E-state index >= 15 is 0 Å². The highest BCUT2D eigenvalue weighted by Crippen LogP contribution is 2.32. The van der Waals surface area contributed by atoms with Crippen LogP contribution >= 0.6 is 0 Å². The van der Waals surface area contributed by atoms with Gasteiger partial charge in [-0.05, 0) is 24.6 Å². The molecule has 2 N–H and O–H groups in total. The molecule has 0 aliphatic heterocycles. The highest BCUT2D eigenvalue weighted by Gasteiger charge is 2.30. The second-order valence-corrected chi connectivity index (χ2v) is 3.19. The van der Waals surface area contributed by atoms with Gasteiger partial charge in [0.25, 0.3) is 0 Å². The molecule has 0 saturated carbocycles. The lowest BCUT2D eigenvalue weighted by Gasteiger charge is -2.08. The number of alkyl halides is 3. The quantitative estimate of drug-likeness (QED) is 0.841. The van der Waals surface area contributed by atoms with E-state index in [2.05, 4.69) is 0 Å². The van der Waals surface area contributed by atoms with Crippen LogP contribution in [0.1, 0.15) is 17.5 Å². The standard InChI is InChI=1S/C11H11F3O2/c12-11(13,14)9-4-5-10(16)8(7-9)3-1-2-6-15/h1,3-5,7,15-16H,2,6H2. The number of phenols is 1. The highest BCUT2D eigenvalue weighted by atomic mass is 19.4. The largest absolute Gasteiger partial charge is 0.507 e. The summed E-state index contributed by atoms with van der Waals surface area (Å²) in [5.41, 5.74) is -0.725. The summed E-state index contributed by atoms with van der Waals surface area (Å²) < 4.78 is 37.0. The van der Waals surface area contributed by atoms with Gasteiger partial charge >= 0.3 is 6.18 Å². The molecule has 0 aliphatic rings. The number of aromatic hydroxyl groups is 1. The first-order valence-corrected chi connectivity index (χ1v) is 4.63. The van der Waals surface area contributed by atoms with Gasteiger partial charge in [-0.15, -0.1) is 0 Å². The molecule has 0 spiro atoms. The molecule has 0 heterocycles. The van der Waals surface area contributed by atoms with E-state index < -0.39 is 11.7 Å². The lowest BCUT2D eigenvalue weighted by molar-refractivity contribution is -0.137. The van der Waals surface area contributed by atoms with E-state index in [9.17, 15) is 18.3 Å². The van der Waals surface area contributed by atoms with E-state index in [1.807, 2.05) is 0 Å². The Balaban J connectivity index is 3.00. The third-order valence-electron chi connectivity index (χ3n) is 1.95. The first-order chi connectivity index (χ1) is 7.45. The molecule has 1 aromatic carbocycles. The molecule has 0 radical (unpaired) electrons. The van der Waals surface area contributed by atoms with Crippen LogP contribution in [0, 0.1) is 0 Å². The number of aliphatic hydroxyl groups excluding tert-OH is 1. The van der Waals surface area contributed by atoms with Crippen LogP contribution in [0.2, 0.25) is 0 Å². The molecule has 5 heteroatoms. The number of hydrogen-bond acceptors (Lipinski definition) is 2. The zero-order valence-electron chi connectivity index (χ0n) is 8.33. The highest BCUT2D eigenvalue weighted by molar-refractivity contribution is 5.58. The Morgan fingerprint density at radius 1 is 1.25 bits per heavy atom. The van der Waals surface area contributed by atoms with E-state index in [4.69, 9.17) is 5.11 Å². The van der Waals surface area contributed by atoms with Crippen molar-refractivity contribution in [1.29, 1.82) is 0 Å². The van der Waals surface area contributed by atoms with E-state index in [0.29, 0.717) is 6.42 Å². The van der Waals surface area contributed by atoms with Crippen molar-refractivity contribution in [3.63, 3.8) is 0 Å². The molecule has 0 aliphatic carbocycles. The molecule has 0 bridgehead atoms. The number of halogens is 3. The number of benzene rings is 1. The van der Waals surface area contributed by atoms with Gasteiger partial charge in [-0.25, -0.2) is 0 Å². The zero-order valence-corrected chi connectivity index (χ0v) is 8.33. The van der Waals surface area contributed by atoms with E-state index in [0.717, 1.165) is 18.2 Å². The van der Waals surface area contributed by atoms with Crippen molar-refractivity contribution in [2.75, 3.05) is 6.61 Å². The average Bonchev–Trinajstić information content (AvgIpc) is 2.19. The second-order valence-electron chi connectivity index (χ2n) is 3.19. The third-order valence-corrected chi connectivity index (χ3v) is 1.95. The molecule has 0 unspecified atom stereocenters. The van der Waals surface area contributed by atoms with E-state index in [-0.39, 0.29) is 17.9 Å². The molecule has 2 nitrogen and oxygen atoms in total. The molecule has 0 aromatic heterocycles. The van der Waals surface area contributed by atoms with Crippen molar-refractivity contribution >= 4 is 6.08 Å². The monoisotopic (exact) mass is 232 g/mol. The molecule has 1 rings (SSSR count). The molecule has 0 atom stereocenters. The summed E-state index contributed by atoms with van der Waals surface area (Å²) >= 11 is 0. The molecule has 0 fully saturated rings. The fourth-order valence-electron chi connectivity index (χ4n) is 1.15. The predicted molar refractivity (Wildman–Crippen MR) is 53.8 cm³/mol. The van der Waals surface area contributed by atoms with Crippen LogP contribution in [0.3, 0.4) is 0 Å². The van der Waals surface area contributed by atoms with Crippen molar-refractivity contribution < 1.29 is 23.4 Å². The molecule has 16 heavy (non-hydrogen) atoms. The number of hydrogen-bond donors (Lipinski definition) is 2. The molecule has 0 saturated heterocycles. The van der Waals surface area contributed by atoms with Crippen molar-refractivity contribution in [1.82, 2.24) is 0 Å². The number of aliphatic hydroxyl groups is 1. The summed E-state index contributed by atoms with van der Waals surface area (Å²) in [4.78, 5) is 0. The summed E-state index contributed by atoms with van der Waals surface area (Å²) in [5.74, 6) is -0.220. The van der Waals surface area contributed by atoms with Crippen LogP contribution in [-0.2, 0) is 6.18 Å². The van der Waals surface area contributed by atoms with Gasteiger partial charge < -0.3 is 10.2 Å².